The molecule has 0 bridgehead atoms. The SMILES string of the molecule is COC(=O)C=C1CCc2c(Br)cccc21. The summed E-state index contributed by atoms with van der Waals surface area (Å²) in [5.41, 5.74) is 3.51. The molecule has 0 aliphatic heterocycles. The minimum Gasteiger partial charge on any atom is -0.466 e. The number of esters is 1. The first-order valence-corrected chi connectivity index (χ1v) is 5.58. The van der Waals surface area contributed by atoms with Crippen molar-refractivity contribution in [2.24, 2.45) is 0 Å². The van der Waals surface area contributed by atoms with E-state index < -0.39 is 0 Å². The van der Waals surface area contributed by atoms with E-state index in [1.807, 2.05) is 18.2 Å². The second kappa shape index (κ2) is 4.19. The zero-order valence-corrected chi connectivity index (χ0v) is 10.0. The van der Waals surface area contributed by atoms with Crippen LogP contribution in [-0.2, 0) is 16.0 Å². The molecule has 0 spiro atoms. The molecular weight excluding hydrogens is 256 g/mol. The lowest BCUT2D eigenvalue weighted by atomic mass is 10.1. The third kappa shape index (κ3) is 1.97. The molecule has 0 atom stereocenters. The topological polar surface area (TPSA) is 26.3 Å². The molecule has 0 unspecified atom stereocenters. The second-order valence-electron chi connectivity index (χ2n) is 3.46. The third-order valence-corrected chi connectivity index (χ3v) is 3.35. The van der Waals surface area contributed by atoms with Gasteiger partial charge >= 0.3 is 5.97 Å². The van der Waals surface area contributed by atoms with E-state index in [0.717, 1.165) is 28.5 Å². The van der Waals surface area contributed by atoms with Crippen LogP contribution in [0.2, 0.25) is 0 Å². The highest BCUT2D eigenvalue weighted by Gasteiger charge is 2.18. The Balaban J connectivity index is 2.41. The first-order valence-electron chi connectivity index (χ1n) is 4.78. The van der Waals surface area contributed by atoms with Gasteiger partial charge in [0.1, 0.15) is 0 Å². The number of fused-ring (bicyclic) bond motifs is 1. The van der Waals surface area contributed by atoms with Gasteiger partial charge in [0.25, 0.3) is 0 Å². The molecule has 0 radical (unpaired) electrons. The molecule has 2 rings (SSSR count). The molecular formula is C12H11BrO2. The van der Waals surface area contributed by atoms with Crippen LogP contribution >= 0.6 is 15.9 Å². The summed E-state index contributed by atoms with van der Waals surface area (Å²) in [6.07, 6.45) is 3.48. The van der Waals surface area contributed by atoms with Gasteiger partial charge in [0.2, 0.25) is 0 Å². The maximum Gasteiger partial charge on any atom is 0.330 e. The van der Waals surface area contributed by atoms with E-state index >= 15 is 0 Å². The summed E-state index contributed by atoms with van der Waals surface area (Å²) in [6.45, 7) is 0. The zero-order valence-electron chi connectivity index (χ0n) is 8.42. The molecule has 3 heteroatoms. The second-order valence-corrected chi connectivity index (χ2v) is 4.31. The number of hydrogen-bond acceptors (Lipinski definition) is 2. The first kappa shape index (κ1) is 10.4. The van der Waals surface area contributed by atoms with E-state index in [1.165, 1.54) is 12.7 Å². The smallest absolute Gasteiger partial charge is 0.330 e. The van der Waals surface area contributed by atoms with Crippen LogP contribution in [0.15, 0.2) is 28.7 Å². The van der Waals surface area contributed by atoms with Crippen molar-refractivity contribution in [1.82, 2.24) is 0 Å². The van der Waals surface area contributed by atoms with Crippen molar-refractivity contribution >= 4 is 27.5 Å². The van der Waals surface area contributed by atoms with Gasteiger partial charge in [0.05, 0.1) is 7.11 Å². The van der Waals surface area contributed by atoms with E-state index in [1.54, 1.807) is 6.08 Å². The summed E-state index contributed by atoms with van der Waals surface area (Å²) in [4.78, 5) is 11.2. The number of hydrogen-bond donors (Lipinski definition) is 0. The molecule has 0 N–H and O–H groups in total. The number of benzene rings is 1. The highest BCUT2D eigenvalue weighted by Crippen LogP contribution is 2.36. The van der Waals surface area contributed by atoms with Gasteiger partial charge in [-0.1, -0.05) is 28.1 Å². The van der Waals surface area contributed by atoms with Crippen LogP contribution in [0.1, 0.15) is 17.5 Å². The summed E-state index contributed by atoms with van der Waals surface area (Å²) < 4.78 is 5.75. The molecule has 1 aliphatic rings. The van der Waals surface area contributed by atoms with Crippen molar-refractivity contribution in [3.05, 3.63) is 39.9 Å². The monoisotopic (exact) mass is 266 g/mol. The molecule has 0 fully saturated rings. The largest absolute Gasteiger partial charge is 0.466 e. The van der Waals surface area contributed by atoms with E-state index in [0.29, 0.717) is 0 Å². The molecule has 0 amide bonds. The molecule has 0 saturated heterocycles. The fourth-order valence-corrected chi connectivity index (χ4v) is 2.42. The summed E-state index contributed by atoms with van der Waals surface area (Å²) in [5, 5.41) is 0. The van der Waals surface area contributed by atoms with E-state index in [2.05, 4.69) is 20.7 Å². The van der Waals surface area contributed by atoms with Gasteiger partial charge in [-0.05, 0) is 35.6 Å². The summed E-state index contributed by atoms with van der Waals surface area (Å²) in [5.74, 6) is -0.280. The predicted octanol–water partition coefficient (Wildman–Crippen LogP) is 2.95. The van der Waals surface area contributed by atoms with Crippen molar-refractivity contribution in [1.29, 1.82) is 0 Å². The van der Waals surface area contributed by atoms with Gasteiger partial charge in [-0.15, -0.1) is 0 Å². The highest BCUT2D eigenvalue weighted by molar-refractivity contribution is 9.10. The van der Waals surface area contributed by atoms with Crippen LogP contribution in [0.5, 0.6) is 0 Å². The fourth-order valence-electron chi connectivity index (χ4n) is 1.86. The molecule has 1 aromatic rings. The average molecular weight is 267 g/mol. The molecule has 78 valence electrons. The van der Waals surface area contributed by atoms with Crippen molar-refractivity contribution in [2.45, 2.75) is 12.8 Å². The van der Waals surface area contributed by atoms with Gasteiger partial charge in [0.15, 0.2) is 0 Å². The molecule has 0 aromatic heterocycles. The Labute approximate surface area is 97.1 Å². The van der Waals surface area contributed by atoms with Crippen LogP contribution in [-0.4, -0.2) is 13.1 Å². The van der Waals surface area contributed by atoms with Gasteiger partial charge in [-0.25, -0.2) is 4.79 Å². The van der Waals surface area contributed by atoms with Crippen LogP contribution in [0.4, 0.5) is 0 Å². The van der Waals surface area contributed by atoms with Gasteiger partial charge in [-0.3, -0.25) is 0 Å². The number of carbonyl (C=O) groups is 1. The van der Waals surface area contributed by atoms with Crippen molar-refractivity contribution in [3.8, 4) is 0 Å². The molecule has 0 saturated carbocycles. The maximum atomic E-state index is 11.2. The number of methoxy groups -OCH3 is 1. The molecule has 15 heavy (non-hydrogen) atoms. The number of allylic oxidation sites excluding steroid dienone is 1. The Hall–Kier alpha value is -1.09. The van der Waals surface area contributed by atoms with Crippen LogP contribution in [0.25, 0.3) is 5.57 Å². The normalized spacial score (nSPS) is 16.5. The third-order valence-electron chi connectivity index (χ3n) is 2.60. The number of ether oxygens (including phenoxy) is 1. The van der Waals surface area contributed by atoms with Crippen LogP contribution < -0.4 is 0 Å². The number of halogens is 1. The summed E-state index contributed by atoms with van der Waals surface area (Å²) in [7, 11) is 1.40. The highest BCUT2D eigenvalue weighted by atomic mass is 79.9. The lowest BCUT2D eigenvalue weighted by molar-refractivity contribution is -0.134. The molecule has 1 aromatic carbocycles. The Morgan fingerprint density at radius 2 is 2.27 bits per heavy atom. The summed E-state index contributed by atoms with van der Waals surface area (Å²) in [6, 6.07) is 6.06. The Morgan fingerprint density at radius 1 is 1.47 bits per heavy atom. The quantitative estimate of drug-likeness (QED) is 0.577. The van der Waals surface area contributed by atoms with Crippen molar-refractivity contribution in [2.75, 3.05) is 7.11 Å². The Morgan fingerprint density at radius 3 is 3.00 bits per heavy atom. The number of carbonyl (C=O) groups excluding carboxylic acids is 1. The zero-order chi connectivity index (χ0) is 10.8. The number of rotatable bonds is 1. The molecule has 1 aliphatic carbocycles. The van der Waals surface area contributed by atoms with Crippen molar-refractivity contribution in [3.63, 3.8) is 0 Å². The first-order chi connectivity index (χ1) is 7.22. The van der Waals surface area contributed by atoms with Gasteiger partial charge in [-0.2, -0.15) is 0 Å². The van der Waals surface area contributed by atoms with Crippen molar-refractivity contribution < 1.29 is 9.53 Å². The van der Waals surface area contributed by atoms with Crippen LogP contribution in [0, 0.1) is 0 Å². The lowest BCUT2D eigenvalue weighted by Gasteiger charge is -2.02. The lowest BCUT2D eigenvalue weighted by Crippen LogP contribution is -1.95. The molecule has 2 nitrogen and oxygen atoms in total. The molecule has 0 heterocycles. The average Bonchev–Trinajstić information content (AvgIpc) is 2.63. The standard InChI is InChI=1S/C12H11BrO2/c1-15-12(14)7-8-5-6-10-9(8)3-2-4-11(10)13/h2-4,7H,5-6H2,1H3. The fraction of sp³-hybridized carbons (Fsp3) is 0.250. The maximum absolute atomic E-state index is 11.2. The Bertz CT molecular complexity index is 435. The van der Waals surface area contributed by atoms with E-state index in [4.69, 9.17) is 0 Å². The van der Waals surface area contributed by atoms with Gasteiger partial charge < -0.3 is 4.74 Å². The van der Waals surface area contributed by atoms with E-state index in [-0.39, 0.29) is 5.97 Å². The minimum atomic E-state index is -0.280. The Kier molecular flexibility index (Phi) is 2.91. The predicted molar refractivity (Wildman–Crippen MR) is 62.5 cm³/mol. The minimum absolute atomic E-state index is 0.280. The van der Waals surface area contributed by atoms with Crippen LogP contribution in [0.3, 0.4) is 0 Å². The van der Waals surface area contributed by atoms with Gasteiger partial charge in [0, 0.05) is 10.5 Å². The summed E-state index contributed by atoms with van der Waals surface area (Å²) >= 11 is 3.51. The van der Waals surface area contributed by atoms with E-state index in [9.17, 15) is 4.79 Å².